The van der Waals surface area contributed by atoms with E-state index < -0.39 is 23.0 Å². The van der Waals surface area contributed by atoms with Crippen LogP contribution in [0, 0.1) is 0 Å². The summed E-state index contributed by atoms with van der Waals surface area (Å²) in [7, 11) is 12.3. The van der Waals surface area contributed by atoms with Crippen LogP contribution in [0.1, 0.15) is 21.5 Å². The van der Waals surface area contributed by atoms with Gasteiger partial charge >= 0.3 is 12.1 Å². The highest BCUT2D eigenvalue weighted by Gasteiger charge is 2.31. The minimum absolute atomic E-state index is 0.00492. The molecule has 3 rings (SSSR count). The van der Waals surface area contributed by atoms with Crippen molar-refractivity contribution >= 4 is 32.6 Å². The fraction of sp³-hybridized carbons (Fsp3) is 0.118. The zero-order valence-corrected chi connectivity index (χ0v) is 12.8. The van der Waals surface area contributed by atoms with E-state index in [2.05, 4.69) is 0 Å². The number of nitrogens with zero attached hydrogens (tertiary/aromatic N) is 1. The van der Waals surface area contributed by atoms with Crippen molar-refractivity contribution in [3.63, 3.8) is 0 Å². The maximum Gasteiger partial charge on any atom is 0.416 e. The number of carboxylic acid groups (broad SMARTS) is 1. The molecule has 8 heteroatoms. The molecule has 1 aromatic heterocycles. The summed E-state index contributed by atoms with van der Waals surface area (Å²) in [5.41, 5.74) is -0.330. The summed E-state index contributed by atoms with van der Waals surface area (Å²) in [6.45, 7) is 0. The Balaban J connectivity index is 2.15. The summed E-state index contributed by atoms with van der Waals surface area (Å²) >= 11 is 0. The number of aromatic nitrogens is 1. The molecule has 0 unspecified atom stereocenters. The van der Waals surface area contributed by atoms with Gasteiger partial charge in [0.05, 0.1) is 32.3 Å². The molecule has 3 nitrogen and oxygen atoms in total. The number of carbonyl (C=O) groups is 1. The van der Waals surface area contributed by atoms with Crippen molar-refractivity contribution < 1.29 is 23.1 Å². The van der Waals surface area contributed by atoms with Gasteiger partial charge in [0.15, 0.2) is 0 Å². The van der Waals surface area contributed by atoms with Crippen molar-refractivity contribution in [1.82, 2.24) is 4.57 Å². The average Bonchev–Trinajstić information content (AvgIpc) is 2.98. The molecule has 1 heterocycles. The highest BCUT2D eigenvalue weighted by atomic mass is 19.4. The van der Waals surface area contributed by atoms with Crippen LogP contribution in [0.25, 0.3) is 10.9 Å². The molecule has 3 aromatic rings. The molecule has 25 heavy (non-hydrogen) atoms. The van der Waals surface area contributed by atoms with E-state index in [1.165, 1.54) is 29.0 Å². The van der Waals surface area contributed by atoms with Crippen molar-refractivity contribution in [3.05, 3.63) is 71.4 Å². The monoisotopic (exact) mass is 339 g/mol. The minimum atomic E-state index is -4.47. The van der Waals surface area contributed by atoms with Crippen LogP contribution in [-0.2, 0) is 11.5 Å². The standard InChI is InChI=1S/C17H10B2F3NO2/c18-16(19,11-4-6-12(7-5-11)17(20,21)22)23-9-8-10-2-1-3-13(14(10)23)15(24)25/h1-9H,(H,24,25). The Hall–Kier alpha value is -2.63. The lowest BCUT2D eigenvalue weighted by molar-refractivity contribution is -0.137. The molecule has 0 bridgehead atoms. The summed E-state index contributed by atoms with van der Waals surface area (Å²) in [6.07, 6.45) is -2.96. The first-order chi connectivity index (χ1) is 11.6. The number of aromatic carboxylic acids is 1. The van der Waals surface area contributed by atoms with E-state index in [1.807, 2.05) is 0 Å². The Bertz CT molecular complexity index is 947. The van der Waals surface area contributed by atoms with Crippen LogP contribution in [0.4, 0.5) is 13.2 Å². The lowest BCUT2D eigenvalue weighted by Crippen LogP contribution is -2.35. The van der Waals surface area contributed by atoms with E-state index in [0.717, 1.165) is 12.1 Å². The topological polar surface area (TPSA) is 42.2 Å². The van der Waals surface area contributed by atoms with E-state index in [1.54, 1.807) is 18.2 Å². The lowest BCUT2D eigenvalue weighted by atomic mass is 9.57. The number of hydrogen-bond acceptors (Lipinski definition) is 1. The van der Waals surface area contributed by atoms with Gasteiger partial charge in [-0.05, 0) is 35.2 Å². The van der Waals surface area contributed by atoms with Crippen LogP contribution in [0.2, 0.25) is 0 Å². The first-order valence-corrected chi connectivity index (χ1v) is 7.21. The van der Waals surface area contributed by atoms with Gasteiger partial charge in [-0.2, -0.15) is 13.2 Å². The summed E-state index contributed by atoms with van der Waals surface area (Å²) in [6, 6.07) is 10.5. The number of halogens is 3. The van der Waals surface area contributed by atoms with Crippen molar-refractivity contribution in [2.24, 2.45) is 0 Å². The van der Waals surface area contributed by atoms with Crippen LogP contribution in [-0.4, -0.2) is 31.3 Å². The predicted octanol–water partition coefficient (Wildman–Crippen LogP) is 3.35. The fourth-order valence-corrected chi connectivity index (χ4v) is 2.74. The number of alkyl halides is 3. The van der Waals surface area contributed by atoms with E-state index in [9.17, 15) is 23.1 Å². The Morgan fingerprint density at radius 3 is 2.12 bits per heavy atom. The zero-order chi connectivity index (χ0) is 18.4. The van der Waals surface area contributed by atoms with Gasteiger partial charge in [-0.15, -0.1) is 0 Å². The smallest absolute Gasteiger partial charge is 0.416 e. The Kier molecular flexibility index (Phi) is 3.94. The van der Waals surface area contributed by atoms with Crippen LogP contribution < -0.4 is 0 Å². The number of rotatable bonds is 3. The van der Waals surface area contributed by atoms with Gasteiger partial charge in [0.25, 0.3) is 0 Å². The highest BCUT2D eigenvalue weighted by Crippen LogP contribution is 2.32. The molecule has 0 amide bonds. The number of hydrogen-bond donors (Lipinski definition) is 1. The molecule has 0 spiro atoms. The van der Waals surface area contributed by atoms with Gasteiger partial charge in [-0.25, -0.2) is 4.79 Å². The maximum atomic E-state index is 12.7. The zero-order valence-electron chi connectivity index (χ0n) is 12.8. The number of para-hydroxylation sites is 1. The molecule has 0 atom stereocenters. The van der Waals surface area contributed by atoms with Gasteiger partial charge in [-0.3, -0.25) is 0 Å². The Labute approximate surface area is 143 Å². The normalized spacial score (nSPS) is 12.4. The molecule has 1 N–H and O–H groups in total. The number of fused-ring (bicyclic) bond motifs is 1. The van der Waals surface area contributed by atoms with Gasteiger partial charge in [-0.1, -0.05) is 24.3 Å². The van der Waals surface area contributed by atoms with Gasteiger partial charge in [0.1, 0.15) is 0 Å². The third-order valence-corrected chi connectivity index (χ3v) is 4.01. The number of benzene rings is 2. The van der Waals surface area contributed by atoms with Crippen molar-refractivity contribution in [1.29, 1.82) is 0 Å². The molecule has 0 aliphatic heterocycles. The first kappa shape index (κ1) is 17.2. The van der Waals surface area contributed by atoms with Crippen LogP contribution in [0.3, 0.4) is 0 Å². The molecule has 2 aromatic carbocycles. The SMILES string of the molecule is [B]C([B])(c1ccc(C(F)(F)F)cc1)n1ccc2cccc(C(=O)O)c21. The van der Waals surface area contributed by atoms with Crippen LogP contribution in [0.5, 0.6) is 0 Å². The molecular weight excluding hydrogens is 329 g/mol. The highest BCUT2D eigenvalue weighted by molar-refractivity contribution is 6.40. The molecular formula is C17H10B2F3NO2. The minimum Gasteiger partial charge on any atom is -0.478 e. The first-order valence-electron chi connectivity index (χ1n) is 7.21. The molecule has 0 saturated carbocycles. The second-order valence-corrected chi connectivity index (χ2v) is 5.63. The van der Waals surface area contributed by atoms with E-state index >= 15 is 0 Å². The van der Waals surface area contributed by atoms with Crippen LogP contribution >= 0.6 is 0 Å². The Morgan fingerprint density at radius 2 is 1.56 bits per heavy atom. The Morgan fingerprint density at radius 1 is 0.960 bits per heavy atom. The molecule has 0 aliphatic carbocycles. The molecule has 0 fully saturated rings. The summed E-state index contributed by atoms with van der Waals surface area (Å²) in [5, 5.41) is 8.25. The summed E-state index contributed by atoms with van der Waals surface area (Å²) in [5.74, 6) is -1.16. The largest absolute Gasteiger partial charge is 0.478 e. The molecule has 4 radical (unpaired) electrons. The van der Waals surface area contributed by atoms with Crippen molar-refractivity contribution in [2.45, 2.75) is 11.5 Å². The quantitative estimate of drug-likeness (QED) is 0.744. The summed E-state index contributed by atoms with van der Waals surface area (Å²) in [4.78, 5) is 11.5. The summed E-state index contributed by atoms with van der Waals surface area (Å²) < 4.78 is 39.5. The maximum absolute atomic E-state index is 12.7. The second-order valence-electron chi connectivity index (χ2n) is 5.63. The molecule has 122 valence electrons. The van der Waals surface area contributed by atoms with Gasteiger partial charge in [0.2, 0.25) is 0 Å². The second kappa shape index (κ2) is 5.72. The van der Waals surface area contributed by atoms with E-state index in [0.29, 0.717) is 10.9 Å². The van der Waals surface area contributed by atoms with Crippen LogP contribution in [0.15, 0.2) is 54.7 Å². The van der Waals surface area contributed by atoms with Gasteiger partial charge < -0.3 is 9.67 Å². The predicted molar refractivity (Wildman–Crippen MR) is 88.9 cm³/mol. The van der Waals surface area contributed by atoms with Gasteiger partial charge in [0, 0.05) is 11.6 Å². The molecule has 0 aliphatic rings. The number of carboxylic acids is 1. The molecule has 0 saturated heterocycles. The van der Waals surface area contributed by atoms with E-state index in [4.69, 9.17) is 15.7 Å². The van der Waals surface area contributed by atoms with E-state index in [-0.39, 0.29) is 11.1 Å². The van der Waals surface area contributed by atoms with Crippen molar-refractivity contribution in [3.8, 4) is 0 Å². The third-order valence-electron chi connectivity index (χ3n) is 4.01. The average molecular weight is 339 g/mol. The van der Waals surface area contributed by atoms with Crippen molar-refractivity contribution in [2.75, 3.05) is 0 Å². The fourth-order valence-electron chi connectivity index (χ4n) is 2.74. The third kappa shape index (κ3) is 2.92. The lowest BCUT2D eigenvalue weighted by Gasteiger charge is -2.31.